The molecule has 0 fully saturated rings. The molecule has 0 unspecified atom stereocenters. The molecular weight excluding hydrogens is 490 g/mol. The van der Waals surface area contributed by atoms with Gasteiger partial charge in [-0.05, 0) is 17.7 Å². The number of rotatable bonds is 6. The van der Waals surface area contributed by atoms with Gasteiger partial charge in [0.2, 0.25) is 0 Å². The summed E-state index contributed by atoms with van der Waals surface area (Å²) in [5, 5.41) is 7.75. The van der Waals surface area contributed by atoms with Crippen LogP contribution in [-0.4, -0.2) is 38.6 Å². The van der Waals surface area contributed by atoms with Gasteiger partial charge in [0.1, 0.15) is 0 Å². The van der Waals surface area contributed by atoms with Gasteiger partial charge in [0, 0.05) is 51.7 Å². The predicted molar refractivity (Wildman–Crippen MR) is 115 cm³/mol. The Balaban J connectivity index is 0.00000364. The molecule has 2 N–H and O–H groups in total. The molecule has 1 aromatic heterocycles. The molecule has 150 valence electrons. The predicted octanol–water partition coefficient (Wildman–Crippen LogP) is 3.75. The second-order valence-corrected chi connectivity index (χ2v) is 6.73. The van der Waals surface area contributed by atoms with E-state index in [1.165, 1.54) is 0 Å². The number of hydrogen-bond donors (Lipinski definition) is 2. The highest BCUT2D eigenvalue weighted by Crippen LogP contribution is 2.29. The molecule has 2 rings (SSSR count). The maximum Gasteiger partial charge on any atom is 0.434 e. The number of anilines is 1. The first-order valence-electron chi connectivity index (χ1n) is 8.02. The lowest BCUT2D eigenvalue weighted by molar-refractivity contribution is -0.140. The minimum atomic E-state index is -4.39. The SMILES string of the molecule is CN=C(NCCc1nc(C(F)(F)F)cs1)NCc1ccc(N(C)C)cc1.I. The summed E-state index contributed by atoms with van der Waals surface area (Å²) in [6.07, 6.45) is -3.99. The molecule has 0 radical (unpaired) electrons. The van der Waals surface area contributed by atoms with E-state index in [4.69, 9.17) is 0 Å². The van der Waals surface area contributed by atoms with E-state index in [1.807, 2.05) is 43.3 Å². The quantitative estimate of drug-likeness (QED) is 0.351. The summed E-state index contributed by atoms with van der Waals surface area (Å²) in [6.45, 7) is 1.05. The Bertz CT molecular complexity index is 729. The highest BCUT2D eigenvalue weighted by molar-refractivity contribution is 14.0. The number of halogens is 4. The van der Waals surface area contributed by atoms with Crippen molar-refractivity contribution in [2.45, 2.75) is 19.1 Å². The standard InChI is InChI=1S/C17H22F3N5S.HI/c1-21-16(23-10-12-4-6-13(7-5-12)25(2)3)22-9-8-15-24-14(11-26-15)17(18,19)20;/h4-7,11H,8-10H2,1-3H3,(H2,21,22,23);1H. The molecule has 0 aliphatic heterocycles. The molecule has 5 nitrogen and oxygen atoms in total. The lowest BCUT2D eigenvalue weighted by Gasteiger charge is -2.14. The molecule has 10 heteroatoms. The van der Waals surface area contributed by atoms with E-state index in [2.05, 4.69) is 20.6 Å². The zero-order chi connectivity index (χ0) is 19.2. The van der Waals surface area contributed by atoms with E-state index in [0.29, 0.717) is 30.5 Å². The molecule has 0 aliphatic carbocycles. The van der Waals surface area contributed by atoms with Crippen molar-refractivity contribution in [3.63, 3.8) is 0 Å². The van der Waals surface area contributed by atoms with Crippen LogP contribution in [0.2, 0.25) is 0 Å². The topological polar surface area (TPSA) is 52.6 Å². The van der Waals surface area contributed by atoms with Crippen LogP contribution in [0, 0.1) is 0 Å². The average Bonchev–Trinajstić information content (AvgIpc) is 3.07. The minimum Gasteiger partial charge on any atom is -0.378 e. The van der Waals surface area contributed by atoms with Crippen LogP contribution < -0.4 is 15.5 Å². The Morgan fingerprint density at radius 3 is 2.37 bits per heavy atom. The van der Waals surface area contributed by atoms with Crippen LogP contribution in [0.5, 0.6) is 0 Å². The van der Waals surface area contributed by atoms with E-state index < -0.39 is 11.9 Å². The van der Waals surface area contributed by atoms with Gasteiger partial charge in [0.15, 0.2) is 11.7 Å². The number of benzene rings is 1. The van der Waals surface area contributed by atoms with Gasteiger partial charge in [-0.15, -0.1) is 35.3 Å². The molecule has 0 atom stereocenters. The van der Waals surface area contributed by atoms with Gasteiger partial charge in [-0.2, -0.15) is 13.2 Å². The maximum absolute atomic E-state index is 12.5. The number of aliphatic imine (C=N–C) groups is 1. The summed E-state index contributed by atoms with van der Waals surface area (Å²) < 4.78 is 37.6. The van der Waals surface area contributed by atoms with Crippen LogP contribution in [0.25, 0.3) is 0 Å². The first kappa shape index (κ1) is 23.5. The van der Waals surface area contributed by atoms with Crippen molar-refractivity contribution in [2.24, 2.45) is 4.99 Å². The fraction of sp³-hybridized carbons (Fsp3) is 0.412. The molecule has 0 saturated carbocycles. The molecule has 1 heterocycles. The van der Waals surface area contributed by atoms with Gasteiger partial charge in [0.25, 0.3) is 0 Å². The van der Waals surface area contributed by atoms with Crippen LogP contribution in [0.15, 0.2) is 34.6 Å². The fourth-order valence-corrected chi connectivity index (χ4v) is 2.97. The van der Waals surface area contributed by atoms with Gasteiger partial charge in [-0.1, -0.05) is 12.1 Å². The van der Waals surface area contributed by atoms with Crippen molar-refractivity contribution >= 4 is 47.0 Å². The zero-order valence-corrected chi connectivity index (χ0v) is 18.4. The van der Waals surface area contributed by atoms with Gasteiger partial charge >= 0.3 is 6.18 Å². The Labute approximate surface area is 178 Å². The Morgan fingerprint density at radius 2 is 1.85 bits per heavy atom. The molecular formula is C17H23F3IN5S. The summed E-state index contributed by atoms with van der Waals surface area (Å²) in [6, 6.07) is 8.13. The highest BCUT2D eigenvalue weighted by atomic mass is 127. The number of thiazole rings is 1. The van der Waals surface area contributed by atoms with Gasteiger partial charge in [-0.25, -0.2) is 4.98 Å². The van der Waals surface area contributed by atoms with Crippen LogP contribution in [-0.2, 0) is 19.1 Å². The molecule has 0 aliphatic rings. The summed E-state index contributed by atoms with van der Waals surface area (Å²) in [4.78, 5) is 9.75. The number of nitrogens with one attached hydrogen (secondary N) is 2. The second-order valence-electron chi connectivity index (χ2n) is 5.79. The lowest BCUT2D eigenvalue weighted by atomic mass is 10.2. The van der Waals surface area contributed by atoms with Crippen molar-refractivity contribution in [1.82, 2.24) is 15.6 Å². The number of aromatic nitrogens is 1. The first-order valence-corrected chi connectivity index (χ1v) is 8.90. The van der Waals surface area contributed by atoms with Crippen molar-refractivity contribution in [3.05, 3.63) is 45.9 Å². The third-order valence-corrected chi connectivity index (χ3v) is 4.52. The smallest absolute Gasteiger partial charge is 0.378 e. The van der Waals surface area contributed by atoms with Crippen LogP contribution >= 0.6 is 35.3 Å². The van der Waals surface area contributed by atoms with E-state index in [-0.39, 0.29) is 24.0 Å². The Kier molecular flexibility index (Phi) is 9.30. The summed E-state index contributed by atoms with van der Waals surface area (Å²) in [7, 11) is 5.62. The summed E-state index contributed by atoms with van der Waals surface area (Å²) in [5.41, 5.74) is 1.40. The third kappa shape index (κ3) is 7.53. The number of guanidine groups is 1. The van der Waals surface area contributed by atoms with Crippen LogP contribution in [0.1, 0.15) is 16.3 Å². The molecule has 0 saturated heterocycles. The highest BCUT2D eigenvalue weighted by Gasteiger charge is 2.33. The van der Waals surface area contributed by atoms with E-state index in [0.717, 1.165) is 28.0 Å². The Morgan fingerprint density at radius 1 is 1.19 bits per heavy atom. The molecule has 0 bridgehead atoms. The van der Waals surface area contributed by atoms with Crippen LogP contribution in [0.4, 0.5) is 18.9 Å². The van der Waals surface area contributed by atoms with Crippen LogP contribution in [0.3, 0.4) is 0 Å². The number of nitrogens with zero attached hydrogens (tertiary/aromatic N) is 3. The fourth-order valence-electron chi connectivity index (χ4n) is 2.16. The van der Waals surface area contributed by atoms with Crippen molar-refractivity contribution in [2.75, 3.05) is 32.6 Å². The van der Waals surface area contributed by atoms with E-state index in [9.17, 15) is 13.2 Å². The summed E-state index contributed by atoms with van der Waals surface area (Å²) >= 11 is 1.01. The van der Waals surface area contributed by atoms with Crippen molar-refractivity contribution in [3.8, 4) is 0 Å². The summed E-state index contributed by atoms with van der Waals surface area (Å²) in [5.74, 6) is 0.592. The lowest BCUT2D eigenvalue weighted by Crippen LogP contribution is -2.37. The maximum atomic E-state index is 12.5. The third-order valence-electron chi connectivity index (χ3n) is 3.61. The Hall–Kier alpha value is -1.56. The van der Waals surface area contributed by atoms with E-state index in [1.54, 1.807) is 7.05 Å². The largest absolute Gasteiger partial charge is 0.434 e. The normalized spacial score (nSPS) is 11.7. The monoisotopic (exact) mass is 513 g/mol. The zero-order valence-electron chi connectivity index (χ0n) is 15.3. The molecule has 0 amide bonds. The molecule has 2 aromatic rings. The molecule has 1 aromatic carbocycles. The molecule has 27 heavy (non-hydrogen) atoms. The van der Waals surface area contributed by atoms with Crippen molar-refractivity contribution in [1.29, 1.82) is 0 Å². The average molecular weight is 513 g/mol. The van der Waals surface area contributed by atoms with E-state index >= 15 is 0 Å². The number of alkyl halides is 3. The van der Waals surface area contributed by atoms with Gasteiger partial charge < -0.3 is 15.5 Å². The minimum absolute atomic E-state index is 0. The number of hydrogen-bond acceptors (Lipinski definition) is 4. The first-order chi connectivity index (χ1) is 12.3. The van der Waals surface area contributed by atoms with Crippen molar-refractivity contribution < 1.29 is 13.2 Å². The molecule has 0 spiro atoms. The second kappa shape index (κ2) is 10.7. The van der Waals surface area contributed by atoms with Gasteiger partial charge in [-0.3, -0.25) is 4.99 Å². The van der Waals surface area contributed by atoms with Gasteiger partial charge in [0.05, 0.1) is 5.01 Å².